The fraction of sp³-hybridized carbons (Fsp3) is 0.207. The molecule has 0 aliphatic carbocycles. The second-order valence-corrected chi connectivity index (χ2v) is 8.72. The van der Waals surface area contributed by atoms with Crippen LogP contribution in [-0.4, -0.2) is 26.9 Å². The molecule has 5 aromatic rings. The predicted octanol–water partition coefficient (Wildman–Crippen LogP) is 4.94. The summed E-state index contributed by atoms with van der Waals surface area (Å²) in [6, 6.07) is 21.9. The maximum Gasteiger partial charge on any atom is 0.335 e. The zero-order valence-electron chi connectivity index (χ0n) is 20.1. The highest BCUT2D eigenvalue weighted by Crippen LogP contribution is 2.28. The summed E-state index contributed by atoms with van der Waals surface area (Å²) in [7, 11) is 2.03. The average Bonchev–Trinajstić information content (AvgIpc) is 3.19. The maximum atomic E-state index is 13.6. The smallest absolute Gasteiger partial charge is 0.335 e. The lowest BCUT2D eigenvalue weighted by Gasteiger charge is -2.19. The predicted molar refractivity (Wildman–Crippen MR) is 138 cm³/mol. The molecule has 1 atom stereocenters. The number of aryl methyl sites for hydroxylation is 2. The zero-order chi connectivity index (χ0) is 24.5. The zero-order valence-corrected chi connectivity index (χ0v) is 20.1. The van der Waals surface area contributed by atoms with E-state index in [1.807, 2.05) is 55.6 Å². The summed E-state index contributed by atoms with van der Waals surface area (Å²) in [6.07, 6.45) is 2.64. The molecule has 0 bridgehead atoms. The topological polar surface area (TPSA) is 66.1 Å². The highest BCUT2D eigenvalue weighted by atomic mass is 16.5. The Morgan fingerprint density at radius 1 is 0.971 bits per heavy atom. The van der Waals surface area contributed by atoms with E-state index in [9.17, 15) is 9.59 Å². The van der Waals surface area contributed by atoms with Crippen LogP contribution in [0.2, 0.25) is 0 Å². The van der Waals surface area contributed by atoms with Crippen molar-refractivity contribution in [3.8, 4) is 0 Å². The molecule has 6 heteroatoms. The Balaban J connectivity index is 1.74. The molecule has 0 saturated carbocycles. The Bertz CT molecular complexity index is 1600. The molecule has 0 aliphatic heterocycles. The summed E-state index contributed by atoms with van der Waals surface area (Å²) in [5.74, 6) is -0.504. The molecular formula is C29H27N3O3. The van der Waals surface area contributed by atoms with Crippen molar-refractivity contribution in [3.63, 3.8) is 0 Å². The van der Waals surface area contributed by atoms with Crippen LogP contribution in [0.3, 0.4) is 0 Å². The second kappa shape index (κ2) is 9.22. The van der Waals surface area contributed by atoms with Crippen molar-refractivity contribution in [2.24, 2.45) is 7.05 Å². The Labute approximate surface area is 203 Å². The lowest BCUT2D eigenvalue weighted by Crippen LogP contribution is -2.34. The van der Waals surface area contributed by atoms with Crippen LogP contribution in [-0.2, 0) is 23.0 Å². The molecule has 0 aliphatic rings. The lowest BCUT2D eigenvalue weighted by molar-refractivity contribution is -0.146. The summed E-state index contributed by atoms with van der Waals surface area (Å²) in [5, 5.41) is 7.31. The van der Waals surface area contributed by atoms with Gasteiger partial charge in [-0.1, -0.05) is 60.7 Å². The van der Waals surface area contributed by atoms with Crippen LogP contribution >= 0.6 is 0 Å². The number of hydrogen-bond donors (Lipinski definition) is 0. The highest BCUT2D eigenvalue weighted by Gasteiger charge is 2.28. The minimum absolute atomic E-state index is 0.215. The first kappa shape index (κ1) is 22.6. The minimum atomic E-state index is -0.971. The molecule has 0 N–H and O–H groups in total. The largest absolute Gasteiger partial charge is 0.464 e. The summed E-state index contributed by atoms with van der Waals surface area (Å²) in [6.45, 7) is 4.07. The first-order valence-corrected chi connectivity index (χ1v) is 11.7. The van der Waals surface area contributed by atoms with Crippen LogP contribution in [0, 0.1) is 6.92 Å². The third-order valence-corrected chi connectivity index (χ3v) is 6.43. The van der Waals surface area contributed by atoms with Gasteiger partial charge in [-0.05, 0) is 42.7 Å². The van der Waals surface area contributed by atoms with Crippen molar-refractivity contribution < 1.29 is 9.53 Å². The molecule has 2 heterocycles. The first-order chi connectivity index (χ1) is 17.0. The number of hydrogen-bond acceptors (Lipinski definition) is 4. The van der Waals surface area contributed by atoms with E-state index >= 15 is 0 Å². The molecule has 6 nitrogen and oxygen atoms in total. The molecule has 1 unspecified atom stereocenters. The van der Waals surface area contributed by atoms with Gasteiger partial charge in [0.1, 0.15) is 0 Å². The van der Waals surface area contributed by atoms with Gasteiger partial charge in [-0.25, -0.2) is 9.48 Å². The number of ether oxygens (including phenoxy) is 1. The van der Waals surface area contributed by atoms with Crippen molar-refractivity contribution in [1.29, 1.82) is 0 Å². The van der Waals surface area contributed by atoms with Crippen LogP contribution in [0.15, 0.2) is 83.8 Å². The Hall–Kier alpha value is -4.19. The molecule has 35 heavy (non-hydrogen) atoms. The standard InChI is InChI=1S/C29H27N3O3/c1-4-35-29(34)27(20-12-6-5-7-13-20)32-28(33)23-15-9-8-14-22(23)24(30-32)17-21-18-31(3)25-16-10-11-19(2)26(21)25/h5-16,18,27H,4,17H2,1-3H3. The van der Waals surface area contributed by atoms with Crippen molar-refractivity contribution in [1.82, 2.24) is 14.3 Å². The van der Waals surface area contributed by atoms with E-state index in [0.29, 0.717) is 17.4 Å². The van der Waals surface area contributed by atoms with Gasteiger partial charge in [-0.15, -0.1) is 0 Å². The number of benzene rings is 3. The molecular weight excluding hydrogens is 438 g/mol. The van der Waals surface area contributed by atoms with E-state index in [1.54, 1.807) is 13.0 Å². The van der Waals surface area contributed by atoms with E-state index in [0.717, 1.165) is 22.2 Å². The summed E-state index contributed by atoms with van der Waals surface area (Å²) in [4.78, 5) is 26.7. The Morgan fingerprint density at radius 2 is 1.69 bits per heavy atom. The average molecular weight is 466 g/mol. The van der Waals surface area contributed by atoms with Gasteiger partial charge < -0.3 is 9.30 Å². The molecule has 3 aromatic carbocycles. The number of carbonyl (C=O) groups is 1. The van der Waals surface area contributed by atoms with Crippen molar-refractivity contribution in [2.75, 3.05) is 6.61 Å². The lowest BCUT2D eigenvalue weighted by atomic mass is 10.0. The van der Waals surface area contributed by atoms with E-state index < -0.39 is 12.0 Å². The molecule has 0 spiro atoms. The van der Waals surface area contributed by atoms with Crippen molar-refractivity contribution >= 4 is 27.6 Å². The van der Waals surface area contributed by atoms with Crippen LogP contribution in [0.1, 0.15) is 35.3 Å². The third-order valence-electron chi connectivity index (χ3n) is 6.43. The van der Waals surface area contributed by atoms with E-state index in [-0.39, 0.29) is 12.2 Å². The summed E-state index contributed by atoms with van der Waals surface area (Å²) >= 11 is 0. The minimum Gasteiger partial charge on any atom is -0.464 e. The Morgan fingerprint density at radius 3 is 2.43 bits per heavy atom. The normalized spacial score (nSPS) is 12.2. The third kappa shape index (κ3) is 4.01. The van der Waals surface area contributed by atoms with E-state index in [1.165, 1.54) is 15.6 Å². The van der Waals surface area contributed by atoms with Crippen molar-refractivity contribution in [2.45, 2.75) is 26.3 Å². The van der Waals surface area contributed by atoms with Gasteiger partial charge in [0.15, 0.2) is 6.04 Å². The quantitative estimate of drug-likeness (QED) is 0.333. The molecule has 176 valence electrons. The fourth-order valence-corrected chi connectivity index (χ4v) is 4.86. The van der Waals surface area contributed by atoms with Gasteiger partial charge in [0.2, 0.25) is 0 Å². The molecule has 0 saturated heterocycles. The fourth-order valence-electron chi connectivity index (χ4n) is 4.86. The number of rotatable bonds is 6. The van der Waals surface area contributed by atoms with Gasteiger partial charge in [0, 0.05) is 36.0 Å². The summed E-state index contributed by atoms with van der Waals surface area (Å²) in [5.41, 5.74) is 4.52. The first-order valence-electron chi connectivity index (χ1n) is 11.7. The van der Waals surface area contributed by atoms with E-state index in [2.05, 4.69) is 35.9 Å². The van der Waals surface area contributed by atoms with Crippen molar-refractivity contribution in [3.05, 3.63) is 112 Å². The number of esters is 1. The van der Waals surface area contributed by atoms with Gasteiger partial charge in [0.25, 0.3) is 5.56 Å². The number of carbonyl (C=O) groups excluding carboxylic acids is 1. The molecule has 0 amide bonds. The van der Waals surface area contributed by atoms with Gasteiger partial charge in [-0.3, -0.25) is 4.79 Å². The van der Waals surface area contributed by atoms with Gasteiger partial charge in [0.05, 0.1) is 17.7 Å². The number of aromatic nitrogens is 3. The maximum absolute atomic E-state index is 13.6. The highest BCUT2D eigenvalue weighted by molar-refractivity contribution is 5.89. The molecule has 0 radical (unpaired) electrons. The Kier molecular flexibility index (Phi) is 5.95. The van der Waals surface area contributed by atoms with Gasteiger partial charge >= 0.3 is 5.97 Å². The SMILES string of the molecule is CCOC(=O)C(c1ccccc1)n1nc(Cc2cn(C)c3cccc(C)c23)c2ccccc2c1=O. The molecule has 2 aromatic heterocycles. The van der Waals surface area contributed by atoms with Crippen LogP contribution in [0.25, 0.3) is 21.7 Å². The van der Waals surface area contributed by atoms with Crippen LogP contribution < -0.4 is 5.56 Å². The van der Waals surface area contributed by atoms with E-state index in [4.69, 9.17) is 9.84 Å². The number of fused-ring (bicyclic) bond motifs is 2. The number of nitrogens with zero attached hydrogens (tertiary/aromatic N) is 3. The molecule has 0 fully saturated rings. The van der Waals surface area contributed by atoms with Crippen LogP contribution in [0.4, 0.5) is 0 Å². The summed E-state index contributed by atoms with van der Waals surface area (Å²) < 4.78 is 8.78. The second-order valence-electron chi connectivity index (χ2n) is 8.72. The van der Waals surface area contributed by atoms with Gasteiger partial charge in [-0.2, -0.15) is 5.10 Å². The van der Waals surface area contributed by atoms with Crippen LogP contribution in [0.5, 0.6) is 0 Å². The monoisotopic (exact) mass is 465 g/mol. The molecule has 5 rings (SSSR count).